The van der Waals surface area contributed by atoms with Crippen LogP contribution in [0.15, 0.2) is 122 Å². The Balaban J connectivity index is 1.62. The van der Waals surface area contributed by atoms with Crippen molar-refractivity contribution in [2.24, 2.45) is 0 Å². The number of allylic oxidation sites excluding steroid dienone is 2. The Morgan fingerprint density at radius 1 is 0.545 bits per heavy atom. The molecular formula is C31H26O2. The van der Waals surface area contributed by atoms with Crippen molar-refractivity contribution in [3.63, 3.8) is 0 Å². The van der Waals surface area contributed by atoms with E-state index in [1.807, 2.05) is 48.6 Å². The predicted octanol–water partition coefficient (Wildman–Crippen LogP) is 7.48. The van der Waals surface area contributed by atoms with Gasteiger partial charge >= 0.3 is 5.79 Å². The number of ether oxygens (including phenoxy) is 2. The molecule has 4 aromatic rings. The van der Waals surface area contributed by atoms with Crippen molar-refractivity contribution in [2.45, 2.75) is 18.6 Å². The molecule has 4 aromatic carbocycles. The molecule has 0 spiro atoms. The lowest BCUT2D eigenvalue weighted by Crippen LogP contribution is -2.39. The van der Waals surface area contributed by atoms with E-state index in [0.29, 0.717) is 0 Å². The molecule has 0 aliphatic heterocycles. The Labute approximate surface area is 195 Å². The third-order valence-electron chi connectivity index (χ3n) is 5.98. The third kappa shape index (κ3) is 3.85. The molecule has 0 aromatic heterocycles. The van der Waals surface area contributed by atoms with Gasteiger partial charge in [0.25, 0.3) is 0 Å². The maximum Gasteiger partial charge on any atom is 0.306 e. The molecule has 0 unspecified atom stereocenters. The van der Waals surface area contributed by atoms with Gasteiger partial charge in [0.1, 0.15) is 11.5 Å². The van der Waals surface area contributed by atoms with Gasteiger partial charge in [-0.05, 0) is 59.4 Å². The van der Waals surface area contributed by atoms with E-state index in [1.165, 1.54) is 11.1 Å². The summed E-state index contributed by atoms with van der Waals surface area (Å²) >= 11 is 0. The zero-order valence-electron chi connectivity index (χ0n) is 18.5. The SMILES string of the molecule is C=CCc1ccc(OC2(Oc3ccc(CC=C)cc3)c3ccccc3-c3ccccc32)cc1. The quantitative estimate of drug-likeness (QED) is 0.213. The molecule has 1 aliphatic carbocycles. The van der Waals surface area contributed by atoms with E-state index in [9.17, 15) is 0 Å². The highest BCUT2D eigenvalue weighted by atomic mass is 16.7. The Kier molecular flexibility index (Phi) is 5.58. The van der Waals surface area contributed by atoms with Crippen LogP contribution in [0.25, 0.3) is 11.1 Å². The standard InChI is InChI=1S/C31H26O2/c1-3-9-23-15-19-25(20-16-23)32-31(33-26-21-17-24(10-4-2)18-22-26)29-13-7-5-11-27(29)28-12-6-8-14-30(28)31/h3-8,11-22H,1-2,9-10H2. The second kappa shape index (κ2) is 8.84. The van der Waals surface area contributed by atoms with Crippen LogP contribution in [0.4, 0.5) is 0 Å². The van der Waals surface area contributed by atoms with Gasteiger partial charge in [-0.15, -0.1) is 13.2 Å². The largest absolute Gasteiger partial charge is 0.444 e. The normalized spacial score (nSPS) is 13.0. The Hall–Kier alpha value is -4.04. The summed E-state index contributed by atoms with van der Waals surface area (Å²) in [7, 11) is 0. The third-order valence-corrected chi connectivity index (χ3v) is 5.98. The van der Waals surface area contributed by atoms with Gasteiger partial charge in [0.2, 0.25) is 0 Å². The summed E-state index contributed by atoms with van der Waals surface area (Å²) in [5.41, 5.74) is 6.63. The molecular weight excluding hydrogens is 404 g/mol. The summed E-state index contributed by atoms with van der Waals surface area (Å²) in [5, 5.41) is 0. The van der Waals surface area contributed by atoms with Crippen LogP contribution in [0.5, 0.6) is 11.5 Å². The molecule has 0 atom stereocenters. The summed E-state index contributed by atoms with van der Waals surface area (Å²) in [6.45, 7) is 7.66. The average Bonchev–Trinajstić information content (AvgIpc) is 3.12. The van der Waals surface area contributed by atoms with Crippen LogP contribution in [-0.4, -0.2) is 0 Å². The molecule has 2 heteroatoms. The number of hydrogen-bond donors (Lipinski definition) is 0. The minimum atomic E-state index is -1.09. The van der Waals surface area contributed by atoms with E-state index in [0.717, 1.165) is 46.6 Å². The molecule has 0 fully saturated rings. The lowest BCUT2D eigenvalue weighted by atomic mass is 10.0. The van der Waals surface area contributed by atoms with Gasteiger partial charge in [0.05, 0.1) is 0 Å². The van der Waals surface area contributed by atoms with Crippen LogP contribution in [0, 0.1) is 0 Å². The Morgan fingerprint density at radius 2 is 0.939 bits per heavy atom. The zero-order valence-corrected chi connectivity index (χ0v) is 18.5. The minimum absolute atomic E-state index is 0.748. The second-order valence-electron chi connectivity index (χ2n) is 8.19. The van der Waals surface area contributed by atoms with Gasteiger partial charge in [-0.25, -0.2) is 0 Å². The van der Waals surface area contributed by atoms with Crippen LogP contribution in [0.2, 0.25) is 0 Å². The van der Waals surface area contributed by atoms with Crippen molar-refractivity contribution in [2.75, 3.05) is 0 Å². The summed E-state index contributed by atoms with van der Waals surface area (Å²) < 4.78 is 13.5. The first-order chi connectivity index (χ1) is 16.2. The number of hydrogen-bond acceptors (Lipinski definition) is 2. The molecule has 162 valence electrons. The lowest BCUT2D eigenvalue weighted by molar-refractivity contribution is -0.0806. The first kappa shape index (κ1) is 20.8. The Bertz CT molecular complexity index is 1180. The van der Waals surface area contributed by atoms with Crippen LogP contribution >= 0.6 is 0 Å². The minimum Gasteiger partial charge on any atom is -0.444 e. The van der Waals surface area contributed by atoms with Gasteiger partial charge in [0, 0.05) is 11.1 Å². The molecule has 0 amide bonds. The van der Waals surface area contributed by atoms with Gasteiger partial charge in [-0.2, -0.15) is 0 Å². The monoisotopic (exact) mass is 430 g/mol. The first-order valence-electron chi connectivity index (χ1n) is 11.2. The van der Waals surface area contributed by atoms with E-state index in [4.69, 9.17) is 9.47 Å². The highest BCUT2D eigenvalue weighted by Gasteiger charge is 2.48. The van der Waals surface area contributed by atoms with Gasteiger partial charge in [-0.1, -0.05) is 84.9 Å². The fourth-order valence-electron chi connectivity index (χ4n) is 4.45. The van der Waals surface area contributed by atoms with Crippen LogP contribution < -0.4 is 9.47 Å². The van der Waals surface area contributed by atoms with Crippen molar-refractivity contribution < 1.29 is 9.47 Å². The van der Waals surface area contributed by atoms with Crippen LogP contribution in [0.3, 0.4) is 0 Å². The summed E-state index contributed by atoms with van der Waals surface area (Å²) in [6, 6.07) is 32.9. The lowest BCUT2D eigenvalue weighted by Gasteiger charge is -2.33. The van der Waals surface area contributed by atoms with E-state index in [-0.39, 0.29) is 0 Å². The maximum absolute atomic E-state index is 6.77. The van der Waals surface area contributed by atoms with Crippen molar-refractivity contribution in [3.8, 4) is 22.6 Å². The predicted molar refractivity (Wildman–Crippen MR) is 135 cm³/mol. The molecule has 0 saturated carbocycles. The first-order valence-corrected chi connectivity index (χ1v) is 11.2. The number of benzene rings is 4. The highest BCUT2D eigenvalue weighted by molar-refractivity contribution is 5.79. The van der Waals surface area contributed by atoms with Gasteiger partial charge in [-0.3, -0.25) is 0 Å². The molecule has 0 bridgehead atoms. The topological polar surface area (TPSA) is 18.5 Å². The van der Waals surface area contributed by atoms with Gasteiger partial charge < -0.3 is 9.47 Å². The van der Waals surface area contributed by atoms with E-state index >= 15 is 0 Å². The van der Waals surface area contributed by atoms with E-state index in [1.54, 1.807) is 0 Å². The maximum atomic E-state index is 6.77. The van der Waals surface area contributed by atoms with Crippen molar-refractivity contribution in [3.05, 3.63) is 145 Å². The molecule has 0 saturated heterocycles. The van der Waals surface area contributed by atoms with Crippen LogP contribution in [0.1, 0.15) is 22.3 Å². The number of rotatable bonds is 8. The molecule has 5 rings (SSSR count). The Morgan fingerprint density at radius 3 is 1.33 bits per heavy atom. The fraction of sp³-hybridized carbons (Fsp3) is 0.0968. The van der Waals surface area contributed by atoms with Gasteiger partial charge in [0.15, 0.2) is 0 Å². The number of fused-ring (bicyclic) bond motifs is 3. The zero-order chi connectivity index (χ0) is 22.7. The van der Waals surface area contributed by atoms with Crippen molar-refractivity contribution in [1.29, 1.82) is 0 Å². The highest BCUT2D eigenvalue weighted by Crippen LogP contribution is 2.50. The van der Waals surface area contributed by atoms with E-state index in [2.05, 4.69) is 73.8 Å². The molecule has 33 heavy (non-hydrogen) atoms. The molecule has 2 nitrogen and oxygen atoms in total. The molecule has 0 radical (unpaired) electrons. The summed E-state index contributed by atoms with van der Waals surface area (Å²) in [6.07, 6.45) is 5.45. The smallest absolute Gasteiger partial charge is 0.306 e. The van der Waals surface area contributed by atoms with Crippen LogP contribution in [-0.2, 0) is 18.6 Å². The summed E-state index contributed by atoms with van der Waals surface area (Å²) in [4.78, 5) is 0. The van der Waals surface area contributed by atoms with Crippen molar-refractivity contribution >= 4 is 0 Å². The average molecular weight is 431 g/mol. The molecule has 0 N–H and O–H groups in total. The molecule has 0 heterocycles. The fourth-order valence-corrected chi connectivity index (χ4v) is 4.45. The molecule has 1 aliphatic rings. The summed E-state index contributed by atoms with van der Waals surface area (Å²) in [5.74, 6) is 0.405. The second-order valence-corrected chi connectivity index (χ2v) is 8.19. The van der Waals surface area contributed by atoms with E-state index < -0.39 is 5.79 Å². The van der Waals surface area contributed by atoms with Crippen molar-refractivity contribution in [1.82, 2.24) is 0 Å².